The fraction of sp³-hybridized carbons (Fsp3) is 0.500. The highest BCUT2D eigenvalue weighted by molar-refractivity contribution is 14.0. The summed E-state index contributed by atoms with van der Waals surface area (Å²) in [6, 6.07) is 10.7. The van der Waals surface area contributed by atoms with Crippen LogP contribution >= 0.6 is 35.3 Å². The van der Waals surface area contributed by atoms with Gasteiger partial charge in [0.1, 0.15) is 12.4 Å². The Morgan fingerprint density at radius 1 is 1.26 bits per heavy atom. The zero-order valence-electron chi connectivity index (χ0n) is 18.5. The first-order chi connectivity index (χ1) is 14.5. The lowest BCUT2D eigenvalue weighted by Crippen LogP contribution is -2.49. The number of hydrogen-bond donors (Lipinski definition) is 2. The van der Waals surface area contributed by atoms with Crippen LogP contribution in [0.1, 0.15) is 23.4 Å². The van der Waals surface area contributed by atoms with Gasteiger partial charge in [-0.25, -0.2) is 9.98 Å². The van der Waals surface area contributed by atoms with Crippen LogP contribution in [-0.4, -0.2) is 68.1 Å². The van der Waals surface area contributed by atoms with Gasteiger partial charge in [0.2, 0.25) is 5.91 Å². The SMILES string of the molecule is Cc1cccc(N2CCC(NC(=NCC(=O)N(C)C)NCCc3cccs3)CC2)n1.I. The molecule has 2 aromatic heterocycles. The van der Waals surface area contributed by atoms with Crippen molar-refractivity contribution in [3.63, 3.8) is 0 Å². The van der Waals surface area contributed by atoms with E-state index >= 15 is 0 Å². The monoisotopic (exact) mass is 556 g/mol. The van der Waals surface area contributed by atoms with Crippen LogP contribution in [0.3, 0.4) is 0 Å². The number of thiophene rings is 1. The summed E-state index contributed by atoms with van der Waals surface area (Å²) >= 11 is 1.76. The largest absolute Gasteiger partial charge is 0.356 e. The lowest BCUT2D eigenvalue weighted by Gasteiger charge is -2.34. The summed E-state index contributed by atoms with van der Waals surface area (Å²) < 4.78 is 0. The molecule has 2 aromatic rings. The number of guanidine groups is 1. The molecule has 0 aliphatic carbocycles. The zero-order valence-corrected chi connectivity index (χ0v) is 21.7. The molecule has 0 atom stereocenters. The molecule has 1 aliphatic rings. The first kappa shape index (κ1) is 25.4. The molecule has 3 heterocycles. The van der Waals surface area contributed by atoms with Crippen LogP contribution < -0.4 is 15.5 Å². The van der Waals surface area contributed by atoms with Gasteiger partial charge in [-0.05, 0) is 49.8 Å². The quantitative estimate of drug-likeness (QED) is 0.312. The number of amides is 1. The Labute approximate surface area is 206 Å². The topological polar surface area (TPSA) is 72.9 Å². The number of likely N-dealkylation sites (N-methyl/N-ethyl adjacent to an activating group) is 1. The van der Waals surface area contributed by atoms with Gasteiger partial charge in [-0.3, -0.25) is 4.79 Å². The minimum absolute atomic E-state index is 0. The third kappa shape index (κ3) is 8.29. The van der Waals surface area contributed by atoms with Crippen LogP contribution in [-0.2, 0) is 11.2 Å². The van der Waals surface area contributed by atoms with Crippen molar-refractivity contribution in [2.75, 3.05) is 45.2 Å². The molecule has 0 aromatic carbocycles. The van der Waals surface area contributed by atoms with Crippen molar-refractivity contribution >= 4 is 53.0 Å². The molecule has 1 aliphatic heterocycles. The van der Waals surface area contributed by atoms with Gasteiger partial charge >= 0.3 is 0 Å². The van der Waals surface area contributed by atoms with Gasteiger partial charge in [0, 0.05) is 50.3 Å². The third-order valence-corrected chi connectivity index (χ3v) is 6.08. The van der Waals surface area contributed by atoms with Crippen molar-refractivity contribution in [3.8, 4) is 0 Å². The number of anilines is 1. The third-order valence-electron chi connectivity index (χ3n) is 5.15. The zero-order chi connectivity index (χ0) is 21.3. The van der Waals surface area contributed by atoms with Gasteiger partial charge in [0.15, 0.2) is 5.96 Å². The van der Waals surface area contributed by atoms with Crippen molar-refractivity contribution in [3.05, 3.63) is 46.3 Å². The maximum atomic E-state index is 12.0. The number of hydrogen-bond acceptors (Lipinski definition) is 5. The van der Waals surface area contributed by atoms with Gasteiger partial charge in [-0.1, -0.05) is 12.1 Å². The number of piperidine rings is 1. The number of rotatable bonds is 7. The molecule has 9 heteroatoms. The molecule has 31 heavy (non-hydrogen) atoms. The molecule has 2 N–H and O–H groups in total. The second-order valence-corrected chi connectivity index (χ2v) is 8.78. The van der Waals surface area contributed by atoms with Crippen molar-refractivity contribution in [2.24, 2.45) is 4.99 Å². The van der Waals surface area contributed by atoms with Gasteiger partial charge in [0.25, 0.3) is 0 Å². The number of nitrogens with one attached hydrogen (secondary N) is 2. The van der Waals surface area contributed by atoms with E-state index in [4.69, 9.17) is 0 Å². The lowest BCUT2D eigenvalue weighted by molar-refractivity contribution is -0.127. The molecule has 0 spiro atoms. The minimum Gasteiger partial charge on any atom is -0.356 e. The summed E-state index contributed by atoms with van der Waals surface area (Å²) in [4.78, 5) is 26.4. The van der Waals surface area contributed by atoms with E-state index in [0.29, 0.717) is 12.0 Å². The Hall–Kier alpha value is -1.88. The van der Waals surface area contributed by atoms with E-state index in [1.807, 2.05) is 13.0 Å². The van der Waals surface area contributed by atoms with E-state index in [9.17, 15) is 4.79 Å². The number of nitrogens with zero attached hydrogens (tertiary/aromatic N) is 4. The van der Waals surface area contributed by atoms with Crippen molar-refractivity contribution in [1.82, 2.24) is 20.5 Å². The lowest BCUT2D eigenvalue weighted by atomic mass is 10.1. The summed E-state index contributed by atoms with van der Waals surface area (Å²) in [6.07, 6.45) is 2.95. The van der Waals surface area contributed by atoms with E-state index in [1.165, 1.54) is 4.88 Å². The first-order valence-corrected chi connectivity index (χ1v) is 11.3. The average Bonchev–Trinajstić information content (AvgIpc) is 3.25. The van der Waals surface area contributed by atoms with E-state index in [0.717, 1.165) is 50.4 Å². The fourth-order valence-corrected chi connectivity index (χ4v) is 4.06. The Kier molecular flexibility index (Phi) is 10.5. The van der Waals surface area contributed by atoms with Crippen LogP contribution in [0.15, 0.2) is 40.7 Å². The maximum Gasteiger partial charge on any atom is 0.243 e. The number of carbonyl (C=O) groups excluding carboxylic acids is 1. The summed E-state index contributed by atoms with van der Waals surface area (Å²) in [5.74, 6) is 1.76. The Morgan fingerprint density at radius 2 is 2.03 bits per heavy atom. The Morgan fingerprint density at radius 3 is 2.68 bits per heavy atom. The summed E-state index contributed by atoms with van der Waals surface area (Å²) in [5.41, 5.74) is 1.04. The molecule has 0 saturated carbocycles. The van der Waals surface area contributed by atoms with Crippen LogP contribution in [0.2, 0.25) is 0 Å². The number of aromatic nitrogens is 1. The highest BCUT2D eigenvalue weighted by atomic mass is 127. The molecule has 170 valence electrons. The average molecular weight is 557 g/mol. The molecule has 3 rings (SSSR count). The second kappa shape index (κ2) is 12.8. The van der Waals surface area contributed by atoms with E-state index in [2.05, 4.69) is 55.2 Å². The molecular formula is C22H33IN6OS. The summed E-state index contributed by atoms with van der Waals surface area (Å²) in [5, 5.41) is 9.03. The van der Waals surface area contributed by atoms with Crippen molar-refractivity contribution < 1.29 is 4.79 Å². The minimum atomic E-state index is -0.00491. The van der Waals surface area contributed by atoms with E-state index < -0.39 is 0 Å². The molecular weight excluding hydrogens is 523 g/mol. The fourth-order valence-electron chi connectivity index (χ4n) is 3.35. The first-order valence-electron chi connectivity index (χ1n) is 10.5. The van der Waals surface area contributed by atoms with Gasteiger partial charge in [0.05, 0.1) is 0 Å². The highest BCUT2D eigenvalue weighted by Gasteiger charge is 2.21. The molecule has 0 unspecified atom stereocenters. The smallest absolute Gasteiger partial charge is 0.243 e. The van der Waals surface area contributed by atoms with E-state index in [-0.39, 0.29) is 36.4 Å². The van der Waals surface area contributed by atoms with Crippen LogP contribution in [0.4, 0.5) is 5.82 Å². The van der Waals surface area contributed by atoms with Crippen molar-refractivity contribution in [2.45, 2.75) is 32.2 Å². The van der Waals surface area contributed by atoms with Crippen LogP contribution in [0.25, 0.3) is 0 Å². The second-order valence-electron chi connectivity index (χ2n) is 7.75. The van der Waals surface area contributed by atoms with Crippen molar-refractivity contribution in [1.29, 1.82) is 0 Å². The van der Waals surface area contributed by atoms with E-state index in [1.54, 1.807) is 30.3 Å². The molecule has 1 amide bonds. The van der Waals surface area contributed by atoms with Gasteiger partial charge < -0.3 is 20.4 Å². The molecule has 0 radical (unpaired) electrons. The number of aryl methyl sites for hydroxylation is 1. The van der Waals surface area contributed by atoms with Gasteiger partial charge in [-0.2, -0.15) is 0 Å². The normalized spacial score (nSPS) is 14.7. The number of halogens is 1. The Balaban J connectivity index is 0.00000341. The molecule has 7 nitrogen and oxygen atoms in total. The molecule has 1 fully saturated rings. The number of aliphatic imine (C=N–C) groups is 1. The molecule has 0 bridgehead atoms. The Bertz CT molecular complexity index is 834. The number of pyridine rings is 1. The van der Waals surface area contributed by atoms with Crippen LogP contribution in [0, 0.1) is 6.92 Å². The van der Waals surface area contributed by atoms with Crippen LogP contribution in [0.5, 0.6) is 0 Å². The standard InChI is InChI=1S/C22H32N6OS.HI/c1-17-6-4-8-20(25-17)28-13-10-18(11-14-28)26-22(24-16-21(29)27(2)3)23-12-9-19-7-5-15-30-19;/h4-8,15,18H,9-14,16H2,1-3H3,(H2,23,24,26);1H. The number of carbonyl (C=O) groups is 1. The highest BCUT2D eigenvalue weighted by Crippen LogP contribution is 2.18. The summed E-state index contributed by atoms with van der Waals surface area (Å²) in [7, 11) is 3.51. The predicted octanol–water partition coefficient (Wildman–Crippen LogP) is 2.90. The summed E-state index contributed by atoms with van der Waals surface area (Å²) in [6.45, 7) is 4.86. The predicted molar refractivity (Wildman–Crippen MR) is 140 cm³/mol. The molecule has 1 saturated heterocycles. The maximum absolute atomic E-state index is 12.0. The van der Waals surface area contributed by atoms with Gasteiger partial charge in [-0.15, -0.1) is 35.3 Å².